The van der Waals surface area contributed by atoms with Crippen LogP contribution in [-0.4, -0.2) is 23.4 Å². The first-order valence-corrected chi connectivity index (χ1v) is 5.82. The van der Waals surface area contributed by atoms with Crippen molar-refractivity contribution in [1.82, 2.24) is 10.2 Å². The van der Waals surface area contributed by atoms with E-state index in [-0.39, 0.29) is 6.54 Å². The van der Waals surface area contributed by atoms with Crippen LogP contribution in [0.4, 0.5) is 9.18 Å². The lowest BCUT2D eigenvalue weighted by molar-refractivity contribution is -0.131. The maximum Gasteiger partial charge on any atom is 0.326 e. The van der Waals surface area contributed by atoms with Crippen LogP contribution in [0.3, 0.4) is 0 Å². The van der Waals surface area contributed by atoms with Gasteiger partial charge in [-0.05, 0) is 24.1 Å². The van der Waals surface area contributed by atoms with Crippen molar-refractivity contribution in [2.45, 2.75) is 18.9 Å². The number of carbonyl (C=O) groups excluding carboxylic acids is 2. The van der Waals surface area contributed by atoms with Crippen molar-refractivity contribution in [3.05, 3.63) is 35.6 Å². The fourth-order valence-electron chi connectivity index (χ4n) is 2.21. The second kappa shape index (κ2) is 4.69. The zero-order valence-corrected chi connectivity index (χ0v) is 10.3. The molecule has 1 heterocycles. The number of urea groups is 1. The van der Waals surface area contributed by atoms with E-state index in [2.05, 4.69) is 5.32 Å². The molecule has 1 atom stereocenters. The highest BCUT2D eigenvalue weighted by Gasteiger charge is 2.51. The van der Waals surface area contributed by atoms with Crippen molar-refractivity contribution in [1.29, 1.82) is 5.26 Å². The number of nitrogens with zero attached hydrogens (tertiary/aromatic N) is 2. The summed E-state index contributed by atoms with van der Waals surface area (Å²) in [7, 11) is 0. The van der Waals surface area contributed by atoms with Crippen LogP contribution < -0.4 is 5.32 Å². The van der Waals surface area contributed by atoms with Gasteiger partial charge in [0.1, 0.15) is 17.9 Å². The summed E-state index contributed by atoms with van der Waals surface area (Å²) in [6, 6.07) is 6.58. The van der Waals surface area contributed by atoms with E-state index in [4.69, 9.17) is 5.26 Å². The molecule has 0 aromatic heterocycles. The molecule has 2 rings (SSSR count). The molecule has 3 amide bonds. The molecule has 1 unspecified atom stereocenters. The second-order valence-corrected chi connectivity index (χ2v) is 4.25. The zero-order chi connectivity index (χ0) is 14.0. The summed E-state index contributed by atoms with van der Waals surface area (Å²) in [5.74, 6) is -0.895. The SMILES string of the molecule is CCC1(c2ccc(F)cc2)NC(=O)N(CC#N)C1=O. The number of hydrogen-bond acceptors (Lipinski definition) is 3. The van der Waals surface area contributed by atoms with E-state index >= 15 is 0 Å². The molecule has 0 saturated carbocycles. The summed E-state index contributed by atoms with van der Waals surface area (Å²) < 4.78 is 12.9. The molecule has 6 heteroatoms. The number of imide groups is 1. The summed E-state index contributed by atoms with van der Waals surface area (Å²) in [6.45, 7) is 1.45. The highest BCUT2D eigenvalue weighted by atomic mass is 19.1. The molecule has 19 heavy (non-hydrogen) atoms. The molecular weight excluding hydrogens is 249 g/mol. The van der Waals surface area contributed by atoms with Crippen LogP contribution in [-0.2, 0) is 10.3 Å². The Morgan fingerprint density at radius 3 is 2.53 bits per heavy atom. The van der Waals surface area contributed by atoms with Gasteiger partial charge in [-0.15, -0.1) is 0 Å². The van der Waals surface area contributed by atoms with Crippen LogP contribution >= 0.6 is 0 Å². The minimum Gasteiger partial charge on any atom is -0.319 e. The average molecular weight is 261 g/mol. The van der Waals surface area contributed by atoms with E-state index < -0.39 is 23.3 Å². The fraction of sp³-hybridized carbons (Fsp3) is 0.308. The Kier molecular flexibility index (Phi) is 3.21. The monoisotopic (exact) mass is 261 g/mol. The minimum atomic E-state index is -1.21. The molecule has 1 fully saturated rings. The summed E-state index contributed by atoms with van der Waals surface area (Å²) in [6.07, 6.45) is 0.325. The molecule has 1 aromatic rings. The third kappa shape index (κ3) is 1.93. The molecule has 98 valence electrons. The average Bonchev–Trinajstić information content (AvgIpc) is 2.65. The molecular formula is C13H12FN3O2. The van der Waals surface area contributed by atoms with Crippen LogP contribution in [0.15, 0.2) is 24.3 Å². The molecule has 1 aliphatic heterocycles. The van der Waals surface area contributed by atoms with Gasteiger partial charge in [-0.2, -0.15) is 5.26 Å². The Bertz CT molecular complexity index is 564. The molecule has 1 N–H and O–H groups in total. The van der Waals surface area contributed by atoms with Gasteiger partial charge in [-0.3, -0.25) is 4.79 Å². The molecule has 1 saturated heterocycles. The Hall–Kier alpha value is -2.42. The van der Waals surface area contributed by atoms with Gasteiger partial charge in [0.15, 0.2) is 0 Å². The van der Waals surface area contributed by atoms with Crippen molar-refractivity contribution in [2.24, 2.45) is 0 Å². The largest absolute Gasteiger partial charge is 0.326 e. The van der Waals surface area contributed by atoms with Gasteiger partial charge in [0.05, 0.1) is 6.07 Å². The van der Waals surface area contributed by atoms with E-state index in [0.29, 0.717) is 12.0 Å². The summed E-state index contributed by atoms with van der Waals surface area (Å²) in [5, 5.41) is 11.2. The first-order valence-electron chi connectivity index (χ1n) is 5.82. The van der Waals surface area contributed by atoms with Crippen LogP contribution in [0.25, 0.3) is 0 Å². The number of hydrogen-bond donors (Lipinski definition) is 1. The first kappa shape index (κ1) is 13.0. The Labute approximate surface area is 109 Å². The summed E-state index contributed by atoms with van der Waals surface area (Å²) in [5.41, 5.74) is -0.697. The standard InChI is InChI=1S/C13H12FN3O2/c1-2-13(9-3-5-10(14)6-4-9)11(18)17(8-7-15)12(19)16-13/h3-6H,2,8H2,1H3,(H,16,19). The van der Waals surface area contributed by atoms with Crippen LogP contribution in [0.2, 0.25) is 0 Å². The van der Waals surface area contributed by atoms with Gasteiger partial charge < -0.3 is 5.32 Å². The Morgan fingerprint density at radius 1 is 1.37 bits per heavy atom. The zero-order valence-electron chi connectivity index (χ0n) is 10.3. The van der Waals surface area contributed by atoms with E-state index in [9.17, 15) is 14.0 Å². The molecule has 0 bridgehead atoms. The van der Waals surface area contributed by atoms with Gasteiger partial charge in [0.2, 0.25) is 0 Å². The van der Waals surface area contributed by atoms with E-state index in [1.807, 2.05) is 0 Å². The van der Waals surface area contributed by atoms with Gasteiger partial charge in [-0.1, -0.05) is 19.1 Å². The predicted octanol–water partition coefficient (Wildman–Crippen LogP) is 1.51. The lowest BCUT2D eigenvalue weighted by Crippen LogP contribution is -2.43. The maximum atomic E-state index is 12.9. The van der Waals surface area contributed by atoms with Crippen molar-refractivity contribution in [3.8, 4) is 6.07 Å². The second-order valence-electron chi connectivity index (χ2n) is 4.25. The van der Waals surface area contributed by atoms with Crippen molar-refractivity contribution < 1.29 is 14.0 Å². The van der Waals surface area contributed by atoms with E-state index in [1.54, 1.807) is 13.0 Å². The topological polar surface area (TPSA) is 73.2 Å². The maximum absolute atomic E-state index is 12.9. The lowest BCUT2D eigenvalue weighted by atomic mass is 9.87. The van der Waals surface area contributed by atoms with E-state index in [1.165, 1.54) is 24.3 Å². The van der Waals surface area contributed by atoms with Gasteiger partial charge >= 0.3 is 6.03 Å². The normalized spacial score (nSPS) is 22.3. The molecule has 5 nitrogen and oxygen atoms in total. The highest BCUT2D eigenvalue weighted by Crippen LogP contribution is 2.32. The Balaban J connectivity index is 2.45. The van der Waals surface area contributed by atoms with Gasteiger partial charge in [0, 0.05) is 0 Å². The van der Waals surface area contributed by atoms with Crippen LogP contribution in [0.5, 0.6) is 0 Å². The number of rotatable bonds is 3. The van der Waals surface area contributed by atoms with Crippen LogP contribution in [0.1, 0.15) is 18.9 Å². The van der Waals surface area contributed by atoms with Crippen molar-refractivity contribution in [2.75, 3.05) is 6.54 Å². The molecule has 1 aromatic carbocycles. The lowest BCUT2D eigenvalue weighted by Gasteiger charge is -2.25. The number of amides is 3. The number of carbonyl (C=O) groups is 2. The van der Waals surface area contributed by atoms with Crippen LogP contribution in [0, 0.1) is 17.1 Å². The first-order chi connectivity index (χ1) is 9.05. The third-order valence-corrected chi connectivity index (χ3v) is 3.27. The molecule has 0 aliphatic carbocycles. The number of nitriles is 1. The van der Waals surface area contributed by atoms with Crippen molar-refractivity contribution in [3.63, 3.8) is 0 Å². The third-order valence-electron chi connectivity index (χ3n) is 3.27. The minimum absolute atomic E-state index is 0.298. The number of halogens is 1. The van der Waals surface area contributed by atoms with Crippen molar-refractivity contribution >= 4 is 11.9 Å². The smallest absolute Gasteiger partial charge is 0.319 e. The summed E-state index contributed by atoms with van der Waals surface area (Å²) in [4.78, 5) is 25.0. The number of nitrogens with one attached hydrogen (secondary N) is 1. The summed E-state index contributed by atoms with van der Waals surface area (Å²) >= 11 is 0. The number of benzene rings is 1. The molecule has 0 radical (unpaired) electrons. The fourth-order valence-corrected chi connectivity index (χ4v) is 2.21. The highest BCUT2D eigenvalue weighted by molar-refractivity contribution is 6.07. The Morgan fingerprint density at radius 2 is 2.00 bits per heavy atom. The van der Waals surface area contributed by atoms with Gasteiger partial charge in [0.25, 0.3) is 5.91 Å². The molecule has 1 aliphatic rings. The predicted molar refractivity (Wildman–Crippen MR) is 64.2 cm³/mol. The van der Waals surface area contributed by atoms with Gasteiger partial charge in [-0.25, -0.2) is 14.1 Å². The molecule has 0 spiro atoms. The van der Waals surface area contributed by atoms with E-state index in [0.717, 1.165) is 4.90 Å². The quantitative estimate of drug-likeness (QED) is 0.662.